The van der Waals surface area contributed by atoms with Crippen molar-refractivity contribution >= 4 is 12.0 Å². The van der Waals surface area contributed by atoms with Crippen molar-refractivity contribution in [2.45, 2.75) is 18.9 Å². The fraction of sp³-hybridized carbons (Fsp3) is 0.417. The lowest BCUT2D eigenvalue weighted by atomic mass is 10.1. The van der Waals surface area contributed by atoms with E-state index in [4.69, 9.17) is 4.74 Å². The van der Waals surface area contributed by atoms with Gasteiger partial charge in [-0.1, -0.05) is 12.1 Å². The number of carbonyl (C=O) groups excluding carboxylic acids is 1. The Labute approximate surface area is 89.7 Å². The summed E-state index contributed by atoms with van der Waals surface area (Å²) < 4.78 is 5.32. The van der Waals surface area contributed by atoms with E-state index < -0.39 is 0 Å². The molecule has 0 bridgehead atoms. The largest absolute Gasteiger partial charge is 0.495 e. The lowest BCUT2D eigenvalue weighted by molar-refractivity contribution is -0.108. The molecule has 1 aliphatic heterocycles. The van der Waals surface area contributed by atoms with E-state index in [-0.39, 0.29) is 6.04 Å². The van der Waals surface area contributed by atoms with Crippen molar-refractivity contribution in [1.29, 1.82) is 0 Å². The van der Waals surface area contributed by atoms with Crippen LogP contribution in [-0.2, 0) is 11.2 Å². The molecule has 0 aliphatic carbocycles. The monoisotopic (exact) mass is 205 g/mol. The van der Waals surface area contributed by atoms with Gasteiger partial charge >= 0.3 is 0 Å². The molecule has 0 aromatic heterocycles. The molecule has 0 amide bonds. The number of rotatable bonds is 3. The Morgan fingerprint density at radius 1 is 1.60 bits per heavy atom. The molecular formula is C12H15NO2. The molecule has 15 heavy (non-hydrogen) atoms. The van der Waals surface area contributed by atoms with Crippen LogP contribution < -0.4 is 9.64 Å². The van der Waals surface area contributed by atoms with Gasteiger partial charge in [-0.3, -0.25) is 0 Å². The van der Waals surface area contributed by atoms with Gasteiger partial charge in [0.15, 0.2) is 0 Å². The Morgan fingerprint density at radius 3 is 3.07 bits per heavy atom. The molecule has 1 heterocycles. The zero-order valence-corrected chi connectivity index (χ0v) is 9.06. The summed E-state index contributed by atoms with van der Waals surface area (Å²) in [6.07, 6.45) is 2.50. The summed E-state index contributed by atoms with van der Waals surface area (Å²) >= 11 is 0. The average Bonchev–Trinajstić information content (AvgIpc) is 2.57. The molecule has 2 rings (SSSR count). The summed E-state index contributed by atoms with van der Waals surface area (Å²) in [6, 6.07) is 6.33. The van der Waals surface area contributed by atoms with Gasteiger partial charge in [-0.15, -0.1) is 0 Å². The third-order valence-electron chi connectivity index (χ3n) is 3.03. The maximum absolute atomic E-state index is 10.6. The van der Waals surface area contributed by atoms with Crippen molar-refractivity contribution < 1.29 is 9.53 Å². The number of para-hydroxylation sites is 1. The topological polar surface area (TPSA) is 29.5 Å². The summed E-state index contributed by atoms with van der Waals surface area (Å²) in [5.41, 5.74) is 2.40. The van der Waals surface area contributed by atoms with Crippen LogP contribution in [0, 0.1) is 0 Å². The van der Waals surface area contributed by atoms with Crippen LogP contribution in [0.2, 0.25) is 0 Å². The third kappa shape index (κ3) is 1.58. The van der Waals surface area contributed by atoms with Crippen molar-refractivity contribution in [1.82, 2.24) is 0 Å². The molecule has 0 fully saturated rings. The molecule has 0 saturated carbocycles. The molecule has 1 aliphatic rings. The molecule has 3 nitrogen and oxygen atoms in total. The zero-order valence-electron chi connectivity index (χ0n) is 9.06. The van der Waals surface area contributed by atoms with Crippen LogP contribution in [0.5, 0.6) is 5.75 Å². The lowest BCUT2D eigenvalue weighted by Crippen LogP contribution is -2.28. The van der Waals surface area contributed by atoms with E-state index >= 15 is 0 Å². The van der Waals surface area contributed by atoms with E-state index in [1.165, 1.54) is 5.56 Å². The van der Waals surface area contributed by atoms with Gasteiger partial charge in [-0.05, 0) is 18.1 Å². The van der Waals surface area contributed by atoms with Crippen LogP contribution >= 0.6 is 0 Å². The highest BCUT2D eigenvalue weighted by Gasteiger charge is 2.28. The first-order valence-electron chi connectivity index (χ1n) is 5.10. The minimum absolute atomic E-state index is 0.286. The van der Waals surface area contributed by atoms with Crippen LogP contribution in [0.4, 0.5) is 5.69 Å². The molecule has 0 saturated heterocycles. The van der Waals surface area contributed by atoms with Crippen LogP contribution in [0.3, 0.4) is 0 Å². The molecule has 3 heteroatoms. The van der Waals surface area contributed by atoms with Crippen LogP contribution in [-0.4, -0.2) is 26.5 Å². The Bertz CT molecular complexity index is 376. The Kier molecular flexibility index (Phi) is 2.62. The second-order valence-electron chi connectivity index (χ2n) is 3.84. The van der Waals surface area contributed by atoms with Gasteiger partial charge < -0.3 is 14.4 Å². The highest BCUT2D eigenvalue weighted by molar-refractivity contribution is 5.69. The molecule has 1 atom stereocenters. The molecule has 1 unspecified atom stereocenters. The SMILES string of the molecule is COc1cccc2c1N(C)C(CC=O)C2. The number of fused-ring (bicyclic) bond motifs is 1. The first-order chi connectivity index (χ1) is 7.27. The van der Waals surface area contributed by atoms with Gasteiger partial charge in [0.05, 0.1) is 12.8 Å². The zero-order chi connectivity index (χ0) is 10.8. The fourth-order valence-corrected chi connectivity index (χ4v) is 2.22. The van der Waals surface area contributed by atoms with Crippen molar-refractivity contribution in [2.24, 2.45) is 0 Å². The Hall–Kier alpha value is -1.51. The van der Waals surface area contributed by atoms with Crippen molar-refractivity contribution in [3.8, 4) is 5.75 Å². The quantitative estimate of drug-likeness (QED) is 0.703. The van der Waals surface area contributed by atoms with Crippen molar-refractivity contribution in [2.75, 3.05) is 19.1 Å². The second-order valence-corrected chi connectivity index (χ2v) is 3.84. The highest BCUT2D eigenvalue weighted by atomic mass is 16.5. The second kappa shape index (κ2) is 3.93. The van der Waals surface area contributed by atoms with Crippen LogP contribution in [0.15, 0.2) is 18.2 Å². The predicted octanol–water partition coefficient (Wildman–Crippen LogP) is 1.65. The Balaban J connectivity index is 2.36. The van der Waals surface area contributed by atoms with Gasteiger partial charge in [0, 0.05) is 19.5 Å². The normalized spacial score (nSPS) is 18.8. The number of methoxy groups -OCH3 is 1. The number of anilines is 1. The minimum Gasteiger partial charge on any atom is -0.495 e. The number of nitrogens with zero attached hydrogens (tertiary/aromatic N) is 1. The van der Waals surface area contributed by atoms with Gasteiger partial charge in [-0.2, -0.15) is 0 Å². The maximum atomic E-state index is 10.6. The first kappa shape index (κ1) is 10.0. The van der Waals surface area contributed by atoms with Crippen molar-refractivity contribution in [3.05, 3.63) is 23.8 Å². The van der Waals surface area contributed by atoms with E-state index in [0.29, 0.717) is 6.42 Å². The number of carbonyl (C=O) groups is 1. The lowest BCUT2D eigenvalue weighted by Gasteiger charge is -2.22. The minimum atomic E-state index is 0.286. The number of hydrogen-bond donors (Lipinski definition) is 0. The molecule has 0 N–H and O–H groups in total. The molecule has 0 spiro atoms. The predicted molar refractivity (Wildman–Crippen MR) is 59.6 cm³/mol. The summed E-state index contributed by atoms with van der Waals surface area (Å²) in [6.45, 7) is 0. The maximum Gasteiger partial charge on any atom is 0.142 e. The number of likely N-dealkylation sites (N-methyl/N-ethyl adjacent to an activating group) is 1. The smallest absolute Gasteiger partial charge is 0.142 e. The van der Waals surface area contributed by atoms with Crippen LogP contribution in [0.1, 0.15) is 12.0 Å². The summed E-state index contributed by atoms with van der Waals surface area (Å²) in [7, 11) is 3.69. The van der Waals surface area contributed by atoms with E-state index in [1.54, 1.807) is 7.11 Å². The number of aldehydes is 1. The number of hydrogen-bond acceptors (Lipinski definition) is 3. The van der Waals surface area contributed by atoms with E-state index in [9.17, 15) is 4.79 Å². The highest BCUT2D eigenvalue weighted by Crippen LogP contribution is 2.39. The van der Waals surface area contributed by atoms with E-state index in [0.717, 1.165) is 24.1 Å². The van der Waals surface area contributed by atoms with Gasteiger partial charge in [0.25, 0.3) is 0 Å². The summed E-state index contributed by atoms with van der Waals surface area (Å²) in [5.74, 6) is 0.892. The molecule has 0 radical (unpaired) electrons. The van der Waals surface area contributed by atoms with Gasteiger partial charge in [-0.25, -0.2) is 0 Å². The summed E-state index contributed by atoms with van der Waals surface area (Å²) in [5, 5.41) is 0. The van der Waals surface area contributed by atoms with Gasteiger partial charge in [0.1, 0.15) is 12.0 Å². The van der Waals surface area contributed by atoms with E-state index in [1.807, 2.05) is 19.2 Å². The third-order valence-corrected chi connectivity index (χ3v) is 3.03. The van der Waals surface area contributed by atoms with Crippen molar-refractivity contribution in [3.63, 3.8) is 0 Å². The molecule has 80 valence electrons. The average molecular weight is 205 g/mol. The van der Waals surface area contributed by atoms with Crippen LogP contribution in [0.25, 0.3) is 0 Å². The number of ether oxygens (including phenoxy) is 1. The van der Waals surface area contributed by atoms with E-state index in [2.05, 4.69) is 11.0 Å². The molecule has 1 aromatic carbocycles. The first-order valence-corrected chi connectivity index (χ1v) is 5.10. The number of benzene rings is 1. The summed E-state index contributed by atoms with van der Waals surface area (Å²) in [4.78, 5) is 12.7. The molecular weight excluding hydrogens is 190 g/mol. The standard InChI is InChI=1S/C12H15NO2/c1-13-10(6-7-14)8-9-4-3-5-11(15-2)12(9)13/h3-5,7,10H,6,8H2,1-2H3. The Morgan fingerprint density at radius 2 is 2.40 bits per heavy atom. The molecule has 1 aromatic rings. The van der Waals surface area contributed by atoms with Gasteiger partial charge in [0.2, 0.25) is 0 Å². The fourth-order valence-electron chi connectivity index (χ4n) is 2.22.